The lowest BCUT2D eigenvalue weighted by Crippen LogP contribution is -2.46. The number of hydrogen-bond donors (Lipinski definition) is 1. The molecule has 1 aliphatic heterocycles. The number of hydrogen-bond acceptors (Lipinski definition) is 4. The quantitative estimate of drug-likeness (QED) is 0.820. The molecule has 1 aromatic rings. The van der Waals surface area contributed by atoms with Gasteiger partial charge in [-0.2, -0.15) is 0 Å². The Hall–Kier alpha value is -1.47. The summed E-state index contributed by atoms with van der Waals surface area (Å²) in [5.74, 6) is -0.196. The van der Waals surface area contributed by atoms with Gasteiger partial charge in [0.2, 0.25) is 5.91 Å². The number of halogens is 1. The number of benzene rings is 1. The Bertz CT molecular complexity index is 715. The lowest BCUT2D eigenvalue weighted by molar-refractivity contribution is -0.123. The molecule has 1 heterocycles. The Kier molecular flexibility index (Phi) is 6.29. The van der Waals surface area contributed by atoms with E-state index in [1.165, 1.54) is 18.6 Å². The van der Waals surface area contributed by atoms with Gasteiger partial charge in [-0.3, -0.25) is 9.69 Å². The first kappa shape index (κ1) is 19.3. The van der Waals surface area contributed by atoms with E-state index in [1.54, 1.807) is 12.1 Å². The summed E-state index contributed by atoms with van der Waals surface area (Å²) >= 11 is 0. The van der Waals surface area contributed by atoms with Crippen LogP contribution in [0, 0.1) is 5.82 Å². The van der Waals surface area contributed by atoms with Gasteiger partial charge < -0.3 is 5.32 Å². The van der Waals surface area contributed by atoms with Gasteiger partial charge in [0, 0.05) is 18.6 Å². The number of carbonyl (C=O) groups is 1. The van der Waals surface area contributed by atoms with Crippen molar-refractivity contribution in [3.8, 4) is 0 Å². The Morgan fingerprint density at radius 1 is 1.12 bits per heavy atom. The third-order valence-corrected chi connectivity index (χ3v) is 7.10. The molecule has 0 radical (unpaired) electrons. The van der Waals surface area contributed by atoms with E-state index in [0.29, 0.717) is 19.0 Å². The van der Waals surface area contributed by atoms with Gasteiger partial charge in [-0.15, -0.1) is 0 Å². The molecule has 1 aliphatic carbocycles. The molecule has 1 saturated heterocycles. The van der Waals surface area contributed by atoms with Gasteiger partial charge in [0.15, 0.2) is 9.84 Å². The summed E-state index contributed by atoms with van der Waals surface area (Å²) in [6, 6.07) is 6.47. The van der Waals surface area contributed by atoms with E-state index in [0.717, 1.165) is 31.2 Å². The summed E-state index contributed by atoms with van der Waals surface area (Å²) in [4.78, 5) is 14.7. The molecule has 144 valence electrons. The van der Waals surface area contributed by atoms with Crippen LogP contribution in [0.15, 0.2) is 24.3 Å². The minimum atomic E-state index is -3.01. The zero-order valence-corrected chi connectivity index (χ0v) is 15.8. The molecular weight excluding hydrogens is 355 g/mol. The van der Waals surface area contributed by atoms with Crippen molar-refractivity contribution in [3.63, 3.8) is 0 Å². The van der Waals surface area contributed by atoms with Gasteiger partial charge in [-0.1, -0.05) is 31.4 Å². The molecule has 5 nitrogen and oxygen atoms in total. The zero-order chi connectivity index (χ0) is 18.6. The summed E-state index contributed by atoms with van der Waals surface area (Å²) in [6.07, 6.45) is 6.17. The van der Waals surface area contributed by atoms with Crippen LogP contribution in [0.3, 0.4) is 0 Å². The normalized spacial score (nSPS) is 23.2. The van der Waals surface area contributed by atoms with Crippen molar-refractivity contribution in [1.82, 2.24) is 10.2 Å². The molecule has 2 aliphatic rings. The van der Waals surface area contributed by atoms with Crippen molar-refractivity contribution in [2.24, 2.45) is 0 Å². The number of sulfone groups is 1. The molecule has 1 aromatic carbocycles. The highest BCUT2D eigenvalue weighted by Crippen LogP contribution is 2.24. The van der Waals surface area contributed by atoms with Gasteiger partial charge in [0.1, 0.15) is 5.82 Å². The topological polar surface area (TPSA) is 66.5 Å². The van der Waals surface area contributed by atoms with Gasteiger partial charge >= 0.3 is 0 Å². The second kappa shape index (κ2) is 8.48. The lowest BCUT2D eigenvalue weighted by atomic mass is 9.93. The molecule has 1 saturated carbocycles. The third-order valence-electron chi connectivity index (χ3n) is 5.33. The largest absolute Gasteiger partial charge is 0.351 e. The summed E-state index contributed by atoms with van der Waals surface area (Å²) in [6.45, 7) is 0.847. The number of rotatable bonds is 6. The van der Waals surface area contributed by atoms with Crippen molar-refractivity contribution in [2.75, 3.05) is 18.1 Å². The molecule has 1 amide bonds. The van der Waals surface area contributed by atoms with Crippen LogP contribution in [0.5, 0.6) is 0 Å². The summed E-state index contributed by atoms with van der Waals surface area (Å²) in [7, 11) is -3.01. The van der Waals surface area contributed by atoms with Crippen LogP contribution in [0.4, 0.5) is 4.39 Å². The smallest absolute Gasteiger partial charge is 0.234 e. The fourth-order valence-corrected chi connectivity index (χ4v) is 5.62. The maximum Gasteiger partial charge on any atom is 0.234 e. The first-order valence-electron chi connectivity index (χ1n) is 9.39. The molecule has 3 rings (SSSR count). The number of amides is 1. The Balaban J connectivity index is 1.62. The number of carbonyl (C=O) groups excluding carboxylic acids is 1. The van der Waals surface area contributed by atoms with Crippen LogP contribution >= 0.6 is 0 Å². The van der Waals surface area contributed by atoms with E-state index in [-0.39, 0.29) is 35.8 Å². The van der Waals surface area contributed by atoms with Crippen molar-refractivity contribution in [3.05, 3.63) is 35.6 Å². The standard InChI is InChI=1S/C19H27FN2O3S/c20-16-8-6-15(7-9-16)12-22(18-4-2-1-3-5-18)13-19(23)21-17-10-11-26(24,25)14-17/h6-9,17-18H,1-5,10-14H2,(H,21,23)/t17-/m0/s1. The second-order valence-corrected chi connectivity index (χ2v) is 9.72. The molecule has 1 N–H and O–H groups in total. The van der Waals surface area contributed by atoms with Crippen LogP contribution in [0.25, 0.3) is 0 Å². The fraction of sp³-hybridized carbons (Fsp3) is 0.632. The number of nitrogens with zero attached hydrogens (tertiary/aromatic N) is 1. The van der Waals surface area contributed by atoms with E-state index in [2.05, 4.69) is 10.2 Å². The summed E-state index contributed by atoms with van der Waals surface area (Å²) in [5.41, 5.74) is 0.980. The Labute approximate surface area is 154 Å². The summed E-state index contributed by atoms with van der Waals surface area (Å²) < 4.78 is 36.3. The van der Waals surface area contributed by atoms with Crippen molar-refractivity contribution in [2.45, 2.75) is 57.2 Å². The van der Waals surface area contributed by atoms with E-state index in [4.69, 9.17) is 0 Å². The van der Waals surface area contributed by atoms with Crippen molar-refractivity contribution < 1.29 is 17.6 Å². The van der Waals surface area contributed by atoms with Crippen LogP contribution in [0.2, 0.25) is 0 Å². The molecule has 0 unspecified atom stereocenters. The molecule has 0 bridgehead atoms. The van der Waals surface area contributed by atoms with Crippen LogP contribution in [-0.2, 0) is 21.2 Å². The Morgan fingerprint density at radius 3 is 2.42 bits per heavy atom. The maximum absolute atomic E-state index is 13.2. The Morgan fingerprint density at radius 2 is 1.81 bits per heavy atom. The lowest BCUT2D eigenvalue weighted by Gasteiger charge is -2.34. The molecule has 2 fully saturated rings. The molecule has 0 aromatic heterocycles. The van der Waals surface area contributed by atoms with Crippen molar-refractivity contribution >= 4 is 15.7 Å². The molecular formula is C19H27FN2O3S. The first-order valence-corrected chi connectivity index (χ1v) is 11.2. The highest BCUT2D eigenvalue weighted by Gasteiger charge is 2.30. The predicted octanol–water partition coefficient (Wildman–Crippen LogP) is 2.26. The monoisotopic (exact) mass is 382 g/mol. The van der Waals surface area contributed by atoms with Gasteiger partial charge in [0.25, 0.3) is 0 Å². The van der Waals surface area contributed by atoms with Crippen LogP contribution in [-0.4, -0.2) is 49.4 Å². The average molecular weight is 383 g/mol. The first-order chi connectivity index (χ1) is 12.4. The van der Waals surface area contributed by atoms with E-state index in [9.17, 15) is 17.6 Å². The number of nitrogens with one attached hydrogen (secondary N) is 1. The minimum Gasteiger partial charge on any atom is -0.351 e. The van der Waals surface area contributed by atoms with Crippen molar-refractivity contribution in [1.29, 1.82) is 0 Å². The maximum atomic E-state index is 13.2. The average Bonchev–Trinajstić information content (AvgIpc) is 2.95. The molecule has 26 heavy (non-hydrogen) atoms. The van der Waals surface area contributed by atoms with Gasteiger partial charge in [0.05, 0.1) is 18.1 Å². The highest BCUT2D eigenvalue weighted by molar-refractivity contribution is 7.91. The highest BCUT2D eigenvalue weighted by atomic mass is 32.2. The summed E-state index contributed by atoms with van der Waals surface area (Å²) in [5, 5.41) is 2.88. The van der Waals surface area contributed by atoms with Crippen LogP contribution < -0.4 is 5.32 Å². The molecule has 1 atom stereocenters. The van der Waals surface area contributed by atoms with Gasteiger partial charge in [-0.05, 0) is 37.0 Å². The van der Waals surface area contributed by atoms with Crippen LogP contribution in [0.1, 0.15) is 44.1 Å². The third kappa shape index (κ3) is 5.51. The SMILES string of the molecule is O=C(CN(Cc1ccc(F)cc1)C1CCCCC1)N[C@H]1CCS(=O)(=O)C1. The predicted molar refractivity (Wildman–Crippen MR) is 98.9 cm³/mol. The van der Waals surface area contributed by atoms with E-state index >= 15 is 0 Å². The van der Waals surface area contributed by atoms with E-state index in [1.807, 2.05) is 0 Å². The minimum absolute atomic E-state index is 0.0418. The fourth-order valence-electron chi connectivity index (χ4n) is 3.95. The zero-order valence-electron chi connectivity index (χ0n) is 15.0. The second-order valence-electron chi connectivity index (χ2n) is 7.49. The molecule has 0 spiro atoms. The molecule has 7 heteroatoms. The van der Waals surface area contributed by atoms with Gasteiger partial charge in [-0.25, -0.2) is 12.8 Å². The van der Waals surface area contributed by atoms with E-state index < -0.39 is 9.84 Å².